The van der Waals surface area contributed by atoms with E-state index in [1.807, 2.05) is 13.8 Å². The van der Waals surface area contributed by atoms with Gasteiger partial charge in [-0.15, -0.1) is 0 Å². The van der Waals surface area contributed by atoms with Gasteiger partial charge in [-0.25, -0.2) is 9.78 Å². The van der Waals surface area contributed by atoms with Crippen molar-refractivity contribution in [2.45, 2.75) is 63.8 Å². The minimum absolute atomic E-state index is 0.0781. The summed E-state index contributed by atoms with van der Waals surface area (Å²) in [5, 5.41) is 12.7. The van der Waals surface area contributed by atoms with Crippen molar-refractivity contribution in [3.05, 3.63) is 22.2 Å². The number of hydrogen-bond acceptors (Lipinski definition) is 4. The highest BCUT2D eigenvalue weighted by atomic mass is 16.4. The minimum Gasteiger partial charge on any atom is -0.480 e. The lowest BCUT2D eigenvalue weighted by Crippen LogP contribution is -2.46. The molecule has 1 heterocycles. The number of carbonyl (C=O) groups is 1. The standard InChI is InChI=1S/C15H23N3O3/c1-10(2)13-16-11(9-12(19)17-13)18-15(14(20)21)7-5-3-4-6-8-15/h9-10H,3-8H2,1-2H3,(H,20,21)(H2,16,17,18,19). The Morgan fingerprint density at radius 3 is 2.48 bits per heavy atom. The monoisotopic (exact) mass is 293 g/mol. The van der Waals surface area contributed by atoms with E-state index in [-0.39, 0.29) is 11.5 Å². The van der Waals surface area contributed by atoms with Crippen LogP contribution in [0.2, 0.25) is 0 Å². The summed E-state index contributed by atoms with van der Waals surface area (Å²) in [6.45, 7) is 3.86. The molecule has 1 aromatic heterocycles. The molecule has 0 saturated heterocycles. The Kier molecular flexibility index (Phi) is 4.65. The third-order valence-electron chi connectivity index (χ3n) is 4.04. The second-order valence-electron chi connectivity index (χ2n) is 6.10. The van der Waals surface area contributed by atoms with E-state index in [1.54, 1.807) is 0 Å². The molecule has 116 valence electrons. The van der Waals surface area contributed by atoms with Crippen LogP contribution >= 0.6 is 0 Å². The third-order valence-corrected chi connectivity index (χ3v) is 4.04. The van der Waals surface area contributed by atoms with Crippen molar-refractivity contribution in [2.24, 2.45) is 0 Å². The number of hydrogen-bond donors (Lipinski definition) is 3. The lowest BCUT2D eigenvalue weighted by Gasteiger charge is -2.30. The number of carboxylic acid groups (broad SMARTS) is 1. The molecule has 1 fully saturated rings. The summed E-state index contributed by atoms with van der Waals surface area (Å²) < 4.78 is 0. The summed E-state index contributed by atoms with van der Waals surface area (Å²) in [6.07, 6.45) is 4.98. The second-order valence-corrected chi connectivity index (χ2v) is 6.10. The number of aromatic nitrogens is 2. The van der Waals surface area contributed by atoms with Gasteiger partial charge in [0.05, 0.1) is 0 Å². The quantitative estimate of drug-likeness (QED) is 0.741. The fourth-order valence-corrected chi connectivity index (χ4v) is 2.78. The maximum Gasteiger partial charge on any atom is 0.329 e. The average Bonchev–Trinajstić information content (AvgIpc) is 2.64. The fourth-order valence-electron chi connectivity index (χ4n) is 2.78. The number of nitrogens with one attached hydrogen (secondary N) is 2. The fraction of sp³-hybridized carbons (Fsp3) is 0.667. The summed E-state index contributed by atoms with van der Waals surface area (Å²) in [6, 6.07) is 1.33. The van der Waals surface area contributed by atoms with Crippen LogP contribution in [0.3, 0.4) is 0 Å². The van der Waals surface area contributed by atoms with Crippen LogP contribution < -0.4 is 10.9 Å². The average molecular weight is 293 g/mol. The summed E-state index contributed by atoms with van der Waals surface area (Å²) in [5.41, 5.74) is -1.27. The van der Waals surface area contributed by atoms with Gasteiger partial charge >= 0.3 is 5.97 Å². The summed E-state index contributed by atoms with van der Waals surface area (Å²) in [5.74, 6) is 0.137. The number of carboxylic acids is 1. The van der Waals surface area contributed by atoms with Crippen molar-refractivity contribution in [1.29, 1.82) is 0 Å². The predicted molar refractivity (Wildman–Crippen MR) is 80.6 cm³/mol. The molecule has 0 amide bonds. The molecular weight excluding hydrogens is 270 g/mol. The molecule has 0 radical (unpaired) electrons. The predicted octanol–water partition coefficient (Wildman–Crippen LogP) is 2.48. The Bertz CT molecular complexity index is 558. The topological polar surface area (TPSA) is 95.1 Å². The number of aromatic amines is 1. The van der Waals surface area contributed by atoms with Crippen LogP contribution in [0.5, 0.6) is 0 Å². The molecule has 0 atom stereocenters. The van der Waals surface area contributed by atoms with Crippen LogP contribution in [0.25, 0.3) is 0 Å². The van der Waals surface area contributed by atoms with Crippen molar-refractivity contribution in [3.63, 3.8) is 0 Å². The van der Waals surface area contributed by atoms with Gasteiger partial charge in [0.2, 0.25) is 0 Å². The number of H-pyrrole nitrogens is 1. The summed E-state index contributed by atoms with van der Waals surface area (Å²) in [7, 11) is 0. The van der Waals surface area contributed by atoms with E-state index >= 15 is 0 Å². The van der Waals surface area contributed by atoms with Gasteiger partial charge in [0, 0.05) is 12.0 Å². The van der Waals surface area contributed by atoms with Gasteiger partial charge < -0.3 is 15.4 Å². The first-order valence-electron chi connectivity index (χ1n) is 7.56. The molecule has 0 spiro atoms. The molecule has 1 aliphatic rings. The number of aliphatic carboxylic acids is 1. The molecule has 2 rings (SSSR count). The van der Waals surface area contributed by atoms with Crippen molar-refractivity contribution in [1.82, 2.24) is 9.97 Å². The Morgan fingerprint density at radius 2 is 1.95 bits per heavy atom. The molecular formula is C15H23N3O3. The zero-order valence-electron chi connectivity index (χ0n) is 12.6. The van der Waals surface area contributed by atoms with Crippen molar-refractivity contribution in [2.75, 3.05) is 5.32 Å². The van der Waals surface area contributed by atoms with Gasteiger partial charge in [-0.3, -0.25) is 4.79 Å². The lowest BCUT2D eigenvalue weighted by molar-refractivity contribution is -0.142. The highest BCUT2D eigenvalue weighted by Gasteiger charge is 2.39. The largest absolute Gasteiger partial charge is 0.480 e. The van der Waals surface area contributed by atoms with E-state index in [4.69, 9.17) is 0 Å². The minimum atomic E-state index is -1.01. The Hall–Kier alpha value is -1.85. The molecule has 0 aliphatic heterocycles. The van der Waals surface area contributed by atoms with Crippen LogP contribution in [-0.2, 0) is 4.79 Å². The smallest absolute Gasteiger partial charge is 0.329 e. The van der Waals surface area contributed by atoms with Gasteiger partial charge in [-0.05, 0) is 12.8 Å². The molecule has 1 saturated carbocycles. The zero-order valence-corrected chi connectivity index (χ0v) is 12.6. The summed E-state index contributed by atoms with van der Waals surface area (Å²) >= 11 is 0. The van der Waals surface area contributed by atoms with E-state index in [9.17, 15) is 14.7 Å². The SMILES string of the molecule is CC(C)c1nc(NC2(C(=O)O)CCCCCC2)cc(=O)[nH]1. The van der Waals surface area contributed by atoms with Crippen LogP contribution in [0.15, 0.2) is 10.9 Å². The maximum absolute atomic E-state index is 11.8. The molecule has 3 N–H and O–H groups in total. The van der Waals surface area contributed by atoms with E-state index < -0.39 is 11.5 Å². The molecule has 0 unspecified atom stereocenters. The van der Waals surface area contributed by atoms with Gasteiger partial charge in [-0.1, -0.05) is 39.5 Å². The van der Waals surface area contributed by atoms with Crippen molar-refractivity contribution >= 4 is 11.8 Å². The molecule has 6 nitrogen and oxygen atoms in total. The summed E-state index contributed by atoms with van der Waals surface area (Å²) in [4.78, 5) is 30.5. The first kappa shape index (κ1) is 15.5. The van der Waals surface area contributed by atoms with Crippen molar-refractivity contribution in [3.8, 4) is 0 Å². The first-order chi connectivity index (χ1) is 9.93. The van der Waals surface area contributed by atoms with E-state index in [1.165, 1.54) is 6.07 Å². The Labute approximate surface area is 124 Å². The van der Waals surface area contributed by atoms with Crippen molar-refractivity contribution < 1.29 is 9.90 Å². The van der Waals surface area contributed by atoms with E-state index in [0.29, 0.717) is 24.5 Å². The van der Waals surface area contributed by atoms with E-state index in [2.05, 4.69) is 15.3 Å². The van der Waals surface area contributed by atoms with Gasteiger partial charge in [0.15, 0.2) is 0 Å². The molecule has 0 bridgehead atoms. The third kappa shape index (κ3) is 3.62. The lowest BCUT2D eigenvalue weighted by atomic mass is 9.90. The van der Waals surface area contributed by atoms with Crippen LogP contribution in [0.4, 0.5) is 5.82 Å². The van der Waals surface area contributed by atoms with Crippen LogP contribution in [-0.4, -0.2) is 26.6 Å². The zero-order chi connectivity index (χ0) is 15.5. The number of anilines is 1. The highest BCUT2D eigenvalue weighted by molar-refractivity contribution is 5.82. The molecule has 1 aromatic rings. The highest BCUT2D eigenvalue weighted by Crippen LogP contribution is 2.30. The molecule has 6 heteroatoms. The molecule has 1 aliphatic carbocycles. The number of nitrogens with zero attached hydrogens (tertiary/aromatic N) is 1. The Morgan fingerprint density at radius 1 is 1.33 bits per heavy atom. The van der Waals surface area contributed by atoms with Crippen LogP contribution in [0, 0.1) is 0 Å². The number of rotatable bonds is 4. The maximum atomic E-state index is 11.8. The Balaban J connectivity index is 2.32. The van der Waals surface area contributed by atoms with Gasteiger partial charge in [-0.2, -0.15) is 0 Å². The molecule has 21 heavy (non-hydrogen) atoms. The van der Waals surface area contributed by atoms with Gasteiger partial charge in [0.25, 0.3) is 5.56 Å². The molecule has 0 aromatic carbocycles. The van der Waals surface area contributed by atoms with Gasteiger partial charge in [0.1, 0.15) is 17.2 Å². The van der Waals surface area contributed by atoms with E-state index in [0.717, 1.165) is 25.7 Å². The normalized spacial score (nSPS) is 18.2. The first-order valence-corrected chi connectivity index (χ1v) is 7.56. The second kappa shape index (κ2) is 6.28. The van der Waals surface area contributed by atoms with Crippen LogP contribution in [0.1, 0.15) is 64.1 Å².